The van der Waals surface area contributed by atoms with Gasteiger partial charge in [-0.15, -0.1) is 23.1 Å². The Morgan fingerprint density at radius 3 is 1.94 bits per heavy atom. The first-order valence-electron chi connectivity index (χ1n) is 22.7. The Balaban J connectivity index is 1.06. The van der Waals surface area contributed by atoms with Crippen molar-refractivity contribution in [2.75, 3.05) is 0 Å². The van der Waals surface area contributed by atoms with Crippen LogP contribution >= 0.6 is 23.1 Å². The number of rotatable bonds is 4. The van der Waals surface area contributed by atoms with E-state index in [0.717, 1.165) is 16.7 Å². The molecule has 0 radical (unpaired) electrons. The molecule has 2 heterocycles. The molecule has 3 atom stereocenters. The van der Waals surface area contributed by atoms with E-state index in [2.05, 4.69) is 190 Å². The quantitative estimate of drug-likeness (QED) is 0.177. The van der Waals surface area contributed by atoms with Crippen LogP contribution in [0.4, 0.5) is 0 Å². The van der Waals surface area contributed by atoms with Gasteiger partial charge in [0.05, 0.1) is 17.7 Å². The molecular weight excluding hydrogens is 837 g/mol. The second kappa shape index (κ2) is 14.8. The number of nitrogens with zero attached hydrogens (tertiary/aromatic N) is 2. The maximum absolute atomic E-state index is 9.77. The number of thioether (sulfide) groups is 1. The predicted octanol–water partition coefficient (Wildman–Crippen LogP) is 17.4. The normalized spacial score (nSPS) is 18.5. The second-order valence-corrected chi connectivity index (χ2v) is 21.1. The Labute approximate surface area is 392 Å². The summed E-state index contributed by atoms with van der Waals surface area (Å²) >= 11 is 3.65. The van der Waals surface area contributed by atoms with Crippen LogP contribution in [0.15, 0.2) is 186 Å². The summed E-state index contributed by atoms with van der Waals surface area (Å²) in [6.45, 7) is 4.70. The van der Waals surface area contributed by atoms with Crippen molar-refractivity contribution in [3.63, 3.8) is 0 Å². The summed E-state index contributed by atoms with van der Waals surface area (Å²) in [6, 6.07) is 63.3. The summed E-state index contributed by atoms with van der Waals surface area (Å²) in [7, 11) is 0. The molecule has 4 heteroatoms. The Morgan fingerprint density at radius 2 is 1.21 bits per heavy atom. The molecule has 0 saturated heterocycles. The van der Waals surface area contributed by atoms with Crippen LogP contribution in [0.2, 0.25) is 0 Å². The van der Waals surface area contributed by atoms with Gasteiger partial charge in [0.15, 0.2) is 0 Å². The standard InChI is InChI=1S/C62H40N2S2/c1-36-25-48(45-19-23-52-55-24-12-38(35-64)33-62(55,2)66-58(52)32-45)30-54-59(36)61(47-16-14-40-8-4-6-10-42(40)28-47)53-29-43(18-22-51(53)60(54)46-15-13-39-7-3-5-9-41(39)27-46)44-17-21-50-49-20-11-37(34-63)26-56(49)65-57(50)31-44/h3-24,26-33,36,55H,25H2,1-2H3. The van der Waals surface area contributed by atoms with E-state index in [1.165, 1.54) is 114 Å². The molecule has 0 saturated carbocycles. The fourth-order valence-corrected chi connectivity index (χ4v) is 14.0. The number of hydrogen-bond acceptors (Lipinski definition) is 4. The highest BCUT2D eigenvalue weighted by Gasteiger charge is 2.42. The van der Waals surface area contributed by atoms with Gasteiger partial charge >= 0.3 is 0 Å². The van der Waals surface area contributed by atoms with Crippen molar-refractivity contribution in [1.82, 2.24) is 0 Å². The third-order valence-electron chi connectivity index (χ3n) is 14.4. The first-order chi connectivity index (χ1) is 32.3. The fourth-order valence-electron chi connectivity index (χ4n) is 11.3. The SMILES string of the molecule is CC1CC(c2ccc3c(c2)SC2(C)C=C(C#N)C=CC32)=Cc2c1c(-c1ccc3ccccc3c1)c1cc(-c3ccc4c(c3)sc3cc(C#N)ccc34)ccc1c2-c1ccc2ccccc2c1. The number of fused-ring (bicyclic) bond motifs is 10. The van der Waals surface area contributed by atoms with E-state index in [4.69, 9.17) is 0 Å². The first-order valence-corrected chi connectivity index (χ1v) is 24.3. The van der Waals surface area contributed by atoms with Gasteiger partial charge in [-0.25, -0.2) is 0 Å². The molecular formula is C62H40N2S2. The van der Waals surface area contributed by atoms with Gasteiger partial charge < -0.3 is 0 Å². The Hall–Kier alpha value is -7.47. The molecule has 1 aliphatic heterocycles. The molecule has 3 unspecified atom stereocenters. The summed E-state index contributed by atoms with van der Waals surface area (Å²) in [6.07, 6.45) is 9.81. The molecule has 0 N–H and O–H groups in total. The third-order valence-corrected chi connectivity index (χ3v) is 16.9. The molecule has 0 spiro atoms. The summed E-state index contributed by atoms with van der Waals surface area (Å²) in [4.78, 5) is 1.30. The van der Waals surface area contributed by atoms with E-state index < -0.39 is 0 Å². The van der Waals surface area contributed by atoms with Crippen LogP contribution in [0.5, 0.6) is 0 Å². The maximum atomic E-state index is 9.77. The van der Waals surface area contributed by atoms with Gasteiger partial charge in [-0.05, 0) is 167 Å². The highest BCUT2D eigenvalue weighted by molar-refractivity contribution is 8.01. The molecule has 3 aliphatic rings. The molecule has 66 heavy (non-hydrogen) atoms. The van der Waals surface area contributed by atoms with Crippen LogP contribution in [-0.4, -0.2) is 4.75 Å². The lowest BCUT2D eigenvalue weighted by Gasteiger charge is -2.31. The zero-order valence-corrected chi connectivity index (χ0v) is 38.0. The molecule has 13 rings (SSSR count). The van der Waals surface area contributed by atoms with E-state index in [0.29, 0.717) is 5.56 Å². The Bertz CT molecular complexity index is 3960. The van der Waals surface area contributed by atoms with E-state index in [1.807, 2.05) is 30.0 Å². The second-order valence-electron chi connectivity index (χ2n) is 18.5. The van der Waals surface area contributed by atoms with Gasteiger partial charge in [0.1, 0.15) is 0 Å². The highest BCUT2D eigenvalue weighted by Crippen LogP contribution is 2.58. The smallest absolute Gasteiger partial charge is 0.0992 e. The van der Waals surface area contributed by atoms with Gasteiger partial charge in [-0.3, -0.25) is 0 Å². The number of hydrogen-bond donors (Lipinski definition) is 0. The Morgan fingerprint density at radius 1 is 0.576 bits per heavy atom. The van der Waals surface area contributed by atoms with Gasteiger partial charge in [0.2, 0.25) is 0 Å². The number of nitriles is 2. The zero-order valence-electron chi connectivity index (χ0n) is 36.4. The number of benzene rings is 9. The van der Waals surface area contributed by atoms with E-state index in [-0.39, 0.29) is 16.6 Å². The molecule has 2 nitrogen and oxygen atoms in total. The van der Waals surface area contributed by atoms with Crippen LogP contribution in [0, 0.1) is 22.7 Å². The summed E-state index contributed by atoms with van der Waals surface area (Å²) in [5.74, 6) is 0.459. The fraction of sp³-hybridized carbons (Fsp3) is 0.0968. The van der Waals surface area contributed by atoms with E-state index in [9.17, 15) is 10.5 Å². The molecule has 310 valence electrons. The molecule has 0 bridgehead atoms. The summed E-state index contributed by atoms with van der Waals surface area (Å²) < 4.78 is 2.18. The van der Waals surface area contributed by atoms with Crippen molar-refractivity contribution >= 4 is 87.2 Å². The lowest BCUT2D eigenvalue weighted by molar-refractivity contribution is 0.698. The third kappa shape index (κ3) is 6.07. The number of thiophene rings is 1. The Kier molecular flexibility index (Phi) is 8.72. The van der Waals surface area contributed by atoms with Crippen molar-refractivity contribution in [3.8, 4) is 45.5 Å². The average molecular weight is 877 g/mol. The maximum Gasteiger partial charge on any atom is 0.0992 e. The molecule has 2 aliphatic carbocycles. The summed E-state index contributed by atoms with van der Waals surface area (Å²) in [5, 5.41) is 29.2. The van der Waals surface area contributed by atoms with E-state index in [1.54, 1.807) is 11.3 Å². The lowest BCUT2D eigenvalue weighted by atomic mass is 9.73. The monoisotopic (exact) mass is 876 g/mol. The average Bonchev–Trinajstić information content (AvgIpc) is 3.87. The van der Waals surface area contributed by atoms with Gasteiger partial charge in [0.25, 0.3) is 0 Å². The molecule has 10 aromatic rings. The van der Waals surface area contributed by atoms with Crippen molar-refractivity contribution in [1.29, 1.82) is 10.5 Å². The van der Waals surface area contributed by atoms with Crippen molar-refractivity contribution in [2.24, 2.45) is 0 Å². The highest BCUT2D eigenvalue weighted by atomic mass is 32.2. The van der Waals surface area contributed by atoms with E-state index >= 15 is 0 Å². The van der Waals surface area contributed by atoms with Crippen LogP contribution in [-0.2, 0) is 0 Å². The molecule has 0 fully saturated rings. The molecule has 9 aromatic carbocycles. The minimum absolute atomic E-state index is 0.177. The van der Waals surface area contributed by atoms with Crippen LogP contribution in [0.3, 0.4) is 0 Å². The minimum atomic E-state index is -0.177. The summed E-state index contributed by atoms with van der Waals surface area (Å²) in [5.41, 5.74) is 15.5. The molecule has 1 aromatic heterocycles. The molecule has 0 amide bonds. The van der Waals surface area contributed by atoms with Gasteiger partial charge in [-0.1, -0.05) is 134 Å². The predicted molar refractivity (Wildman–Crippen MR) is 280 cm³/mol. The van der Waals surface area contributed by atoms with Gasteiger partial charge in [0, 0.05) is 41.3 Å². The first kappa shape index (κ1) is 38.9. The minimum Gasteiger partial charge on any atom is -0.192 e. The van der Waals surface area contributed by atoms with Crippen molar-refractivity contribution in [3.05, 3.63) is 209 Å². The van der Waals surface area contributed by atoms with Crippen LogP contribution in [0.25, 0.3) is 97.5 Å². The lowest BCUT2D eigenvalue weighted by Crippen LogP contribution is -2.23. The van der Waals surface area contributed by atoms with Crippen molar-refractivity contribution in [2.45, 2.75) is 41.7 Å². The van der Waals surface area contributed by atoms with Crippen molar-refractivity contribution < 1.29 is 0 Å². The van der Waals surface area contributed by atoms with Crippen LogP contribution in [0.1, 0.15) is 59.9 Å². The zero-order chi connectivity index (χ0) is 44.3. The number of allylic oxidation sites excluding steroid dienone is 4. The van der Waals surface area contributed by atoms with Crippen LogP contribution < -0.4 is 0 Å². The van der Waals surface area contributed by atoms with Gasteiger partial charge in [-0.2, -0.15) is 10.5 Å². The topological polar surface area (TPSA) is 47.6 Å². The largest absolute Gasteiger partial charge is 0.192 e.